The number of pyridine rings is 1. The van der Waals surface area contributed by atoms with E-state index in [1.54, 1.807) is 22.9 Å². The number of nitrogens with zero attached hydrogens (tertiary/aromatic N) is 2. The molecule has 4 nitrogen and oxygen atoms in total. The van der Waals surface area contributed by atoms with Crippen LogP contribution in [0.2, 0.25) is 0 Å². The average molecular weight is 198 g/mol. The average Bonchev–Trinajstić information content (AvgIpc) is 2.40. The monoisotopic (exact) mass is 198 g/mol. The van der Waals surface area contributed by atoms with Gasteiger partial charge in [-0.05, 0) is 12.1 Å². The molecule has 0 aromatic heterocycles. The first-order valence-electron chi connectivity index (χ1n) is 3.98. The Morgan fingerprint density at radius 2 is 2.29 bits per heavy atom. The van der Waals surface area contributed by atoms with Crippen molar-refractivity contribution < 1.29 is 9.90 Å². The van der Waals surface area contributed by atoms with Gasteiger partial charge in [0.25, 0.3) is 0 Å². The van der Waals surface area contributed by atoms with Crippen LogP contribution >= 0.6 is 0 Å². The van der Waals surface area contributed by atoms with Gasteiger partial charge in [0.1, 0.15) is 5.69 Å². The van der Waals surface area contributed by atoms with Gasteiger partial charge in [-0.15, -0.1) is 0 Å². The van der Waals surface area contributed by atoms with Crippen molar-refractivity contribution >= 4 is 35.5 Å². The molecule has 0 aliphatic carbocycles. The SMILES string of the molecule is O=C(O)c1ccc2cnc3c-2n1C3.[NaH]. The molecule has 0 saturated heterocycles. The summed E-state index contributed by atoms with van der Waals surface area (Å²) in [5.74, 6) is -0.881. The first kappa shape index (κ1) is 9.71. The Balaban J connectivity index is 0.000000750. The van der Waals surface area contributed by atoms with Gasteiger partial charge in [0.05, 0.1) is 17.9 Å². The fraction of sp³-hybridized carbons (Fsp3) is 0.111. The number of hydrogen-bond acceptors (Lipinski definition) is 2. The molecule has 3 rings (SSSR count). The minimum atomic E-state index is -0.881. The van der Waals surface area contributed by atoms with Crippen LogP contribution in [-0.2, 0) is 6.54 Å². The zero-order valence-electron chi connectivity index (χ0n) is 6.69. The second kappa shape index (κ2) is 3.08. The number of rotatable bonds is 1. The molecule has 0 saturated carbocycles. The molecule has 0 atom stereocenters. The van der Waals surface area contributed by atoms with Crippen LogP contribution in [-0.4, -0.2) is 50.2 Å². The van der Waals surface area contributed by atoms with E-state index in [1.807, 2.05) is 0 Å². The van der Waals surface area contributed by atoms with Crippen LogP contribution in [0.5, 0.6) is 0 Å². The number of aromatic carboxylic acids is 1. The third kappa shape index (κ3) is 1.05. The molecule has 0 amide bonds. The van der Waals surface area contributed by atoms with Crippen LogP contribution in [0.3, 0.4) is 0 Å². The molecule has 0 aromatic rings. The van der Waals surface area contributed by atoms with Crippen LogP contribution in [0.25, 0.3) is 11.3 Å². The predicted octanol–water partition coefficient (Wildman–Crippen LogP) is 0.399. The third-order valence-electron chi connectivity index (χ3n) is 2.41. The molecule has 0 bridgehead atoms. The zero-order chi connectivity index (χ0) is 9.00. The second-order valence-corrected chi connectivity index (χ2v) is 3.12. The van der Waals surface area contributed by atoms with Crippen LogP contribution in [0.15, 0.2) is 18.3 Å². The Labute approximate surface area is 102 Å². The summed E-state index contributed by atoms with van der Waals surface area (Å²) in [7, 11) is 0. The van der Waals surface area contributed by atoms with Crippen molar-refractivity contribution in [2.75, 3.05) is 0 Å². The standard InChI is InChI=1S/C9H6N2O2.Na.H/c12-9(13)7-2-1-5-3-10-6-4-11(7)8(5)6;;/h1-3H,4H2,(H,12,13);;. The molecule has 0 fully saturated rings. The maximum absolute atomic E-state index is 10.8. The molecular weight excluding hydrogens is 191 g/mol. The Kier molecular flexibility index (Phi) is 2.14. The van der Waals surface area contributed by atoms with Gasteiger partial charge in [0.15, 0.2) is 0 Å². The fourth-order valence-electron chi connectivity index (χ4n) is 1.77. The summed E-state index contributed by atoms with van der Waals surface area (Å²) in [6, 6.07) is 3.42. The zero-order valence-corrected chi connectivity index (χ0v) is 6.69. The van der Waals surface area contributed by atoms with Crippen molar-refractivity contribution in [1.29, 1.82) is 0 Å². The molecule has 0 unspecified atom stereocenters. The van der Waals surface area contributed by atoms with Gasteiger partial charge in [-0.25, -0.2) is 4.79 Å². The van der Waals surface area contributed by atoms with E-state index in [0.717, 1.165) is 17.0 Å². The van der Waals surface area contributed by atoms with Crippen molar-refractivity contribution in [1.82, 2.24) is 9.55 Å². The summed E-state index contributed by atoms with van der Waals surface area (Å²) in [4.78, 5) is 14.9. The van der Waals surface area contributed by atoms with E-state index >= 15 is 0 Å². The Morgan fingerprint density at radius 3 is 3.00 bits per heavy atom. The Hall–Kier alpha value is -0.840. The van der Waals surface area contributed by atoms with Crippen molar-refractivity contribution in [3.05, 3.63) is 29.7 Å². The van der Waals surface area contributed by atoms with Gasteiger partial charge in [-0.3, -0.25) is 4.98 Å². The quantitative estimate of drug-likeness (QED) is 0.576. The number of carbonyl (C=O) groups is 1. The number of carboxylic acids is 1. The molecule has 66 valence electrons. The molecule has 3 aliphatic heterocycles. The molecule has 0 radical (unpaired) electrons. The van der Waals surface area contributed by atoms with E-state index in [9.17, 15) is 4.79 Å². The van der Waals surface area contributed by atoms with E-state index in [1.165, 1.54) is 0 Å². The molecule has 3 aliphatic rings. The van der Waals surface area contributed by atoms with E-state index in [0.29, 0.717) is 12.2 Å². The maximum atomic E-state index is 10.8. The molecular formula is C9H7N2NaO2. The van der Waals surface area contributed by atoms with Gasteiger partial charge < -0.3 is 9.67 Å². The van der Waals surface area contributed by atoms with Crippen LogP contribution in [0, 0.1) is 0 Å². The molecule has 14 heavy (non-hydrogen) atoms. The number of hydrogen-bond donors (Lipinski definition) is 1. The normalized spacial score (nSPS) is 12.0. The Bertz CT molecular complexity index is 492. The summed E-state index contributed by atoms with van der Waals surface area (Å²) in [5.41, 5.74) is 3.33. The van der Waals surface area contributed by atoms with Gasteiger partial charge in [-0.2, -0.15) is 0 Å². The van der Waals surface area contributed by atoms with Gasteiger partial charge in [-0.1, -0.05) is 0 Å². The summed E-state index contributed by atoms with van der Waals surface area (Å²) in [5, 5.41) is 8.85. The number of aromatic nitrogens is 2. The fourth-order valence-corrected chi connectivity index (χ4v) is 1.77. The van der Waals surface area contributed by atoms with E-state index in [-0.39, 0.29) is 29.6 Å². The van der Waals surface area contributed by atoms with Crippen molar-refractivity contribution in [2.45, 2.75) is 6.54 Å². The van der Waals surface area contributed by atoms with E-state index in [2.05, 4.69) is 4.98 Å². The second-order valence-electron chi connectivity index (χ2n) is 3.12. The van der Waals surface area contributed by atoms with Crippen molar-refractivity contribution in [3.63, 3.8) is 0 Å². The number of carboxylic acid groups (broad SMARTS) is 1. The van der Waals surface area contributed by atoms with Gasteiger partial charge >= 0.3 is 35.5 Å². The van der Waals surface area contributed by atoms with Crippen LogP contribution < -0.4 is 0 Å². The summed E-state index contributed by atoms with van der Waals surface area (Å²) in [6.07, 6.45) is 1.78. The van der Waals surface area contributed by atoms with Gasteiger partial charge in [0.2, 0.25) is 0 Å². The summed E-state index contributed by atoms with van der Waals surface area (Å²) < 4.78 is 1.78. The summed E-state index contributed by atoms with van der Waals surface area (Å²) >= 11 is 0. The molecule has 0 spiro atoms. The predicted molar refractivity (Wildman–Crippen MR) is 52.1 cm³/mol. The molecule has 0 aromatic carbocycles. The van der Waals surface area contributed by atoms with Crippen LogP contribution in [0.4, 0.5) is 0 Å². The first-order chi connectivity index (χ1) is 6.27. The Morgan fingerprint density at radius 1 is 1.50 bits per heavy atom. The minimum absolute atomic E-state index is 0. The van der Waals surface area contributed by atoms with E-state index in [4.69, 9.17) is 5.11 Å². The van der Waals surface area contributed by atoms with E-state index < -0.39 is 5.97 Å². The molecule has 3 heterocycles. The molecule has 5 heteroatoms. The first-order valence-corrected chi connectivity index (χ1v) is 3.98. The van der Waals surface area contributed by atoms with Crippen molar-refractivity contribution in [3.8, 4) is 11.3 Å². The topological polar surface area (TPSA) is 55.1 Å². The van der Waals surface area contributed by atoms with Gasteiger partial charge in [0, 0.05) is 11.8 Å². The third-order valence-corrected chi connectivity index (χ3v) is 2.41. The molecule has 1 N–H and O–H groups in total. The van der Waals surface area contributed by atoms with Crippen LogP contribution in [0.1, 0.15) is 16.2 Å². The summed E-state index contributed by atoms with van der Waals surface area (Å²) in [6.45, 7) is 0.626. The van der Waals surface area contributed by atoms with Crippen molar-refractivity contribution in [2.24, 2.45) is 0 Å².